The molecule has 1 fully saturated rings. The van der Waals surface area contributed by atoms with Crippen LogP contribution in [0.1, 0.15) is 17.9 Å². The van der Waals surface area contributed by atoms with E-state index in [4.69, 9.17) is 20.8 Å². The van der Waals surface area contributed by atoms with Crippen LogP contribution in [-0.2, 0) is 17.8 Å². The summed E-state index contributed by atoms with van der Waals surface area (Å²) in [7, 11) is 1.45. The Morgan fingerprint density at radius 2 is 1.91 bits per heavy atom. The molecule has 2 heterocycles. The third-order valence-corrected chi connectivity index (χ3v) is 5.83. The summed E-state index contributed by atoms with van der Waals surface area (Å²) in [5.41, 5.74) is 1.79. The first-order valence-corrected chi connectivity index (χ1v) is 10.9. The van der Waals surface area contributed by atoms with E-state index in [1.807, 2.05) is 23.1 Å². The van der Waals surface area contributed by atoms with Gasteiger partial charge in [0.2, 0.25) is 5.91 Å². The first kappa shape index (κ1) is 22.3. The lowest BCUT2D eigenvalue weighted by molar-refractivity contribution is -0.133. The molecule has 1 amide bonds. The summed E-state index contributed by atoms with van der Waals surface area (Å²) in [5, 5.41) is 0.662. The Bertz CT molecular complexity index is 1060. The Labute approximate surface area is 191 Å². The van der Waals surface area contributed by atoms with Crippen molar-refractivity contribution in [1.82, 2.24) is 14.8 Å². The number of aromatic nitrogens is 1. The zero-order valence-corrected chi connectivity index (χ0v) is 18.6. The molecule has 0 saturated carbocycles. The van der Waals surface area contributed by atoms with Crippen LogP contribution in [0.25, 0.3) is 11.3 Å². The first-order chi connectivity index (χ1) is 15.5. The number of ether oxygens (including phenoxy) is 1. The number of piperazine rings is 1. The second kappa shape index (κ2) is 10.1. The molecule has 0 N–H and O–H groups in total. The fourth-order valence-corrected chi connectivity index (χ4v) is 3.89. The lowest BCUT2D eigenvalue weighted by Crippen LogP contribution is -2.48. The molecule has 0 unspecified atom stereocenters. The molecule has 168 valence electrons. The first-order valence-electron chi connectivity index (χ1n) is 10.5. The maximum atomic E-state index is 13.9. The molecule has 32 heavy (non-hydrogen) atoms. The predicted octanol–water partition coefficient (Wildman–Crippen LogP) is 4.42. The number of aryl methyl sites for hydroxylation is 1. The van der Waals surface area contributed by atoms with Gasteiger partial charge in [-0.3, -0.25) is 9.69 Å². The normalized spacial score (nSPS) is 14.5. The highest BCUT2D eigenvalue weighted by Gasteiger charge is 2.22. The molecular formula is C24H25ClFN3O3. The molecule has 6 nitrogen and oxygen atoms in total. The van der Waals surface area contributed by atoms with E-state index in [1.165, 1.54) is 13.2 Å². The molecule has 0 aliphatic carbocycles. The molecule has 0 bridgehead atoms. The van der Waals surface area contributed by atoms with Crippen molar-refractivity contribution >= 4 is 17.5 Å². The number of methoxy groups -OCH3 is 1. The van der Waals surface area contributed by atoms with E-state index in [9.17, 15) is 9.18 Å². The lowest BCUT2D eigenvalue weighted by atomic mass is 10.1. The fourth-order valence-electron chi connectivity index (χ4n) is 3.77. The highest BCUT2D eigenvalue weighted by atomic mass is 35.5. The summed E-state index contributed by atoms with van der Waals surface area (Å²) < 4.78 is 24.6. The number of carbonyl (C=O) groups excluding carboxylic acids is 1. The van der Waals surface area contributed by atoms with E-state index < -0.39 is 0 Å². The Morgan fingerprint density at radius 3 is 2.59 bits per heavy atom. The average molecular weight is 458 g/mol. The highest BCUT2D eigenvalue weighted by Crippen LogP contribution is 2.23. The molecule has 1 saturated heterocycles. The van der Waals surface area contributed by atoms with Crippen LogP contribution in [0.3, 0.4) is 0 Å². The molecule has 0 spiro atoms. The van der Waals surface area contributed by atoms with Gasteiger partial charge in [0.05, 0.1) is 13.3 Å². The van der Waals surface area contributed by atoms with Gasteiger partial charge in [0.15, 0.2) is 23.2 Å². The van der Waals surface area contributed by atoms with Crippen LogP contribution in [0.5, 0.6) is 5.75 Å². The maximum Gasteiger partial charge on any atom is 0.223 e. The number of amides is 1. The molecule has 3 aromatic rings. The minimum absolute atomic E-state index is 0.0892. The monoisotopic (exact) mass is 457 g/mol. The largest absolute Gasteiger partial charge is 0.494 e. The van der Waals surface area contributed by atoms with E-state index in [2.05, 4.69) is 9.88 Å². The Balaban J connectivity index is 1.23. The minimum Gasteiger partial charge on any atom is -0.494 e. The van der Waals surface area contributed by atoms with Crippen molar-refractivity contribution in [3.05, 3.63) is 71.0 Å². The topological polar surface area (TPSA) is 58.8 Å². The SMILES string of the molecule is COc1ccc(CN2CCN(C(=O)CCc3ncc(-c4ccc(Cl)cc4)o3)CC2)cc1F. The van der Waals surface area contributed by atoms with Gasteiger partial charge in [-0.05, 0) is 42.0 Å². The van der Waals surface area contributed by atoms with E-state index >= 15 is 0 Å². The van der Waals surface area contributed by atoms with Crippen LogP contribution in [-0.4, -0.2) is 54.0 Å². The summed E-state index contributed by atoms with van der Waals surface area (Å²) in [5.74, 6) is 1.18. The molecule has 1 aliphatic heterocycles. The van der Waals surface area contributed by atoms with Gasteiger partial charge >= 0.3 is 0 Å². The van der Waals surface area contributed by atoms with Gasteiger partial charge in [0.1, 0.15) is 0 Å². The summed E-state index contributed by atoms with van der Waals surface area (Å²) in [4.78, 5) is 21.0. The van der Waals surface area contributed by atoms with Crippen LogP contribution >= 0.6 is 11.6 Å². The van der Waals surface area contributed by atoms with Crippen molar-refractivity contribution in [3.8, 4) is 17.1 Å². The van der Waals surface area contributed by atoms with Gasteiger partial charge in [0.25, 0.3) is 0 Å². The standard InChI is InChI=1S/C24H25ClFN3O3/c1-31-21-7-2-17(14-20(21)26)16-28-10-12-29(13-11-28)24(30)9-8-23-27-15-22(32-23)18-3-5-19(25)6-4-18/h2-7,14-15H,8-13,16H2,1H3. The molecule has 1 aromatic heterocycles. The van der Waals surface area contributed by atoms with Crippen molar-refractivity contribution in [2.24, 2.45) is 0 Å². The van der Waals surface area contributed by atoms with Gasteiger partial charge in [-0.25, -0.2) is 9.37 Å². The van der Waals surface area contributed by atoms with Crippen LogP contribution in [0.4, 0.5) is 4.39 Å². The average Bonchev–Trinajstić information content (AvgIpc) is 3.28. The zero-order valence-electron chi connectivity index (χ0n) is 17.9. The number of hydrogen-bond donors (Lipinski definition) is 0. The van der Waals surface area contributed by atoms with Crippen LogP contribution in [0.2, 0.25) is 5.02 Å². The third kappa shape index (κ3) is 5.47. The zero-order chi connectivity index (χ0) is 22.5. The molecule has 2 aromatic carbocycles. The second-order valence-electron chi connectivity index (χ2n) is 7.75. The van der Waals surface area contributed by atoms with E-state index in [0.29, 0.717) is 49.1 Å². The smallest absolute Gasteiger partial charge is 0.223 e. The van der Waals surface area contributed by atoms with E-state index in [-0.39, 0.29) is 17.5 Å². The van der Waals surface area contributed by atoms with Crippen molar-refractivity contribution in [3.63, 3.8) is 0 Å². The highest BCUT2D eigenvalue weighted by molar-refractivity contribution is 6.30. The van der Waals surface area contributed by atoms with Crippen LogP contribution < -0.4 is 4.74 Å². The van der Waals surface area contributed by atoms with Crippen LogP contribution in [0.15, 0.2) is 53.1 Å². The second-order valence-corrected chi connectivity index (χ2v) is 8.19. The molecular weight excluding hydrogens is 433 g/mol. The number of nitrogens with zero attached hydrogens (tertiary/aromatic N) is 3. The van der Waals surface area contributed by atoms with E-state index in [0.717, 1.165) is 24.2 Å². The van der Waals surface area contributed by atoms with Crippen molar-refractivity contribution in [2.75, 3.05) is 33.3 Å². The predicted molar refractivity (Wildman–Crippen MR) is 120 cm³/mol. The number of rotatable bonds is 7. The van der Waals surface area contributed by atoms with Gasteiger partial charge in [0, 0.05) is 56.2 Å². The number of carbonyl (C=O) groups is 1. The Morgan fingerprint density at radius 1 is 1.16 bits per heavy atom. The molecule has 0 radical (unpaired) electrons. The van der Waals surface area contributed by atoms with E-state index in [1.54, 1.807) is 24.4 Å². The number of halogens is 2. The lowest BCUT2D eigenvalue weighted by Gasteiger charge is -2.34. The Kier molecular flexibility index (Phi) is 7.07. The maximum absolute atomic E-state index is 13.9. The van der Waals surface area contributed by atoms with Gasteiger partial charge < -0.3 is 14.1 Å². The molecule has 8 heteroatoms. The Hall–Kier alpha value is -2.90. The van der Waals surface area contributed by atoms with Crippen LogP contribution in [0, 0.1) is 5.82 Å². The minimum atomic E-state index is -0.357. The molecule has 1 aliphatic rings. The number of benzene rings is 2. The van der Waals surface area contributed by atoms with Gasteiger partial charge in [-0.1, -0.05) is 17.7 Å². The summed E-state index contributed by atoms with van der Waals surface area (Å²) in [6.07, 6.45) is 2.48. The fraction of sp³-hybridized carbons (Fsp3) is 0.333. The quantitative estimate of drug-likeness (QED) is 0.525. The van der Waals surface area contributed by atoms with Crippen molar-refractivity contribution < 1.29 is 18.3 Å². The molecule has 4 rings (SSSR count). The number of oxazole rings is 1. The third-order valence-electron chi connectivity index (χ3n) is 5.58. The molecule has 0 atom stereocenters. The van der Waals surface area contributed by atoms with Crippen molar-refractivity contribution in [1.29, 1.82) is 0 Å². The van der Waals surface area contributed by atoms with Crippen molar-refractivity contribution in [2.45, 2.75) is 19.4 Å². The summed E-state index contributed by atoms with van der Waals surface area (Å²) in [6.45, 7) is 3.45. The van der Waals surface area contributed by atoms with Gasteiger partial charge in [-0.2, -0.15) is 0 Å². The number of hydrogen-bond acceptors (Lipinski definition) is 5. The summed E-state index contributed by atoms with van der Waals surface area (Å²) >= 11 is 5.92. The van der Waals surface area contributed by atoms with Gasteiger partial charge in [-0.15, -0.1) is 0 Å². The summed E-state index contributed by atoms with van der Waals surface area (Å²) in [6, 6.07) is 12.4.